The van der Waals surface area contributed by atoms with Crippen molar-refractivity contribution in [2.24, 2.45) is 0 Å². The number of hydrogen-bond donors (Lipinski definition) is 0. The summed E-state index contributed by atoms with van der Waals surface area (Å²) in [6.45, 7) is 4.60. The lowest BCUT2D eigenvalue weighted by atomic mass is 10.1. The molecule has 2 heterocycles. The lowest BCUT2D eigenvalue weighted by Crippen LogP contribution is -2.23. The van der Waals surface area contributed by atoms with Crippen molar-refractivity contribution in [3.05, 3.63) is 35.0 Å². The van der Waals surface area contributed by atoms with Crippen LogP contribution in [0.5, 0.6) is 0 Å². The quantitative estimate of drug-likeness (QED) is 0.803. The highest BCUT2D eigenvalue weighted by Crippen LogP contribution is 2.30. The Labute approximate surface area is 149 Å². The van der Waals surface area contributed by atoms with Gasteiger partial charge >= 0.3 is 5.97 Å². The Morgan fingerprint density at radius 3 is 2.76 bits per heavy atom. The zero-order valence-corrected chi connectivity index (χ0v) is 15.4. The van der Waals surface area contributed by atoms with E-state index in [-0.39, 0.29) is 12.1 Å². The van der Waals surface area contributed by atoms with E-state index < -0.39 is 0 Å². The van der Waals surface area contributed by atoms with Crippen LogP contribution < -0.4 is 0 Å². The number of aromatic nitrogens is 1. The monoisotopic (exact) mass is 340 g/mol. The Hall–Kier alpha value is -1.81. The summed E-state index contributed by atoms with van der Waals surface area (Å²) in [5.41, 5.74) is 5.21. The van der Waals surface area contributed by atoms with E-state index in [9.17, 15) is 4.79 Å². The minimum Gasteiger partial charge on any atom is -0.461 e. The van der Waals surface area contributed by atoms with E-state index in [4.69, 9.17) is 4.74 Å². The summed E-state index contributed by atoms with van der Waals surface area (Å²) >= 11 is 0. The molecule has 4 heteroatoms. The van der Waals surface area contributed by atoms with Crippen molar-refractivity contribution in [1.29, 1.82) is 0 Å². The fraction of sp³-hybridized carbons (Fsp3) is 0.571. The molecule has 4 rings (SSSR count). The molecule has 0 unspecified atom stereocenters. The Balaban J connectivity index is 1.68. The van der Waals surface area contributed by atoms with Gasteiger partial charge in [0, 0.05) is 36.1 Å². The number of aryl methyl sites for hydroxylation is 1. The average Bonchev–Trinajstić information content (AvgIpc) is 3.12. The minimum absolute atomic E-state index is 0.0789. The van der Waals surface area contributed by atoms with Crippen molar-refractivity contribution in [3.63, 3.8) is 0 Å². The predicted octanol–water partition coefficient (Wildman–Crippen LogP) is 3.47. The third-order valence-electron chi connectivity index (χ3n) is 5.80. The number of carbonyl (C=O) groups is 1. The summed E-state index contributed by atoms with van der Waals surface area (Å²) in [5, 5.41) is 1.32. The number of nitrogens with zero attached hydrogens (tertiary/aromatic N) is 2. The maximum atomic E-state index is 12.6. The Kier molecular flexibility index (Phi) is 4.55. The molecule has 0 bridgehead atoms. The van der Waals surface area contributed by atoms with Crippen LogP contribution in [0.4, 0.5) is 0 Å². The first-order chi connectivity index (χ1) is 12.1. The first-order valence-electron chi connectivity index (χ1n) is 9.60. The molecule has 1 saturated carbocycles. The molecule has 0 spiro atoms. The van der Waals surface area contributed by atoms with Gasteiger partial charge in [-0.25, -0.2) is 0 Å². The number of carbonyl (C=O) groups excluding carboxylic acids is 1. The van der Waals surface area contributed by atoms with E-state index in [1.165, 1.54) is 40.6 Å². The number of rotatable bonds is 3. The van der Waals surface area contributed by atoms with Crippen LogP contribution in [0.2, 0.25) is 0 Å². The van der Waals surface area contributed by atoms with Gasteiger partial charge in [-0.1, -0.05) is 11.6 Å². The van der Waals surface area contributed by atoms with Crippen LogP contribution in [0.15, 0.2) is 18.2 Å². The van der Waals surface area contributed by atoms with Gasteiger partial charge in [-0.05, 0) is 63.8 Å². The molecule has 1 aromatic carbocycles. The zero-order chi connectivity index (χ0) is 17.4. The topological polar surface area (TPSA) is 34.5 Å². The molecule has 1 fully saturated rings. The molecule has 0 amide bonds. The van der Waals surface area contributed by atoms with Crippen molar-refractivity contribution in [2.45, 2.75) is 58.1 Å². The van der Waals surface area contributed by atoms with Gasteiger partial charge in [-0.2, -0.15) is 0 Å². The van der Waals surface area contributed by atoms with E-state index in [2.05, 4.69) is 41.6 Å². The van der Waals surface area contributed by atoms with Crippen LogP contribution in [0.1, 0.15) is 42.5 Å². The summed E-state index contributed by atoms with van der Waals surface area (Å²) in [6, 6.07) is 6.59. The van der Waals surface area contributed by atoms with Gasteiger partial charge in [-0.3, -0.25) is 4.79 Å². The SMILES string of the molecule is Cc1ccc2c(c1)c1c(n2CC(=O)OC2CCCC2)CCN(C)CC1. The first-order valence-corrected chi connectivity index (χ1v) is 9.60. The van der Waals surface area contributed by atoms with Crippen LogP contribution >= 0.6 is 0 Å². The summed E-state index contributed by atoms with van der Waals surface area (Å²) in [5.74, 6) is -0.0789. The maximum Gasteiger partial charge on any atom is 0.326 e. The normalized spacial score (nSPS) is 19.1. The number of benzene rings is 1. The van der Waals surface area contributed by atoms with E-state index in [0.717, 1.165) is 38.8 Å². The predicted molar refractivity (Wildman–Crippen MR) is 99.9 cm³/mol. The molecule has 2 aromatic rings. The fourth-order valence-corrected chi connectivity index (χ4v) is 4.41. The second-order valence-electron chi connectivity index (χ2n) is 7.73. The molecule has 4 nitrogen and oxygen atoms in total. The fourth-order valence-electron chi connectivity index (χ4n) is 4.41. The minimum atomic E-state index is -0.0789. The Morgan fingerprint density at radius 2 is 1.96 bits per heavy atom. The van der Waals surface area contributed by atoms with Crippen LogP contribution in [-0.2, 0) is 28.9 Å². The van der Waals surface area contributed by atoms with Gasteiger partial charge < -0.3 is 14.2 Å². The van der Waals surface area contributed by atoms with E-state index >= 15 is 0 Å². The molecule has 0 N–H and O–H groups in total. The molecule has 25 heavy (non-hydrogen) atoms. The third kappa shape index (κ3) is 3.32. The largest absolute Gasteiger partial charge is 0.461 e. The lowest BCUT2D eigenvalue weighted by molar-refractivity contribution is -0.149. The van der Waals surface area contributed by atoms with E-state index in [0.29, 0.717) is 6.54 Å². The average molecular weight is 340 g/mol. The Morgan fingerprint density at radius 1 is 1.20 bits per heavy atom. The van der Waals surface area contributed by atoms with Crippen molar-refractivity contribution >= 4 is 16.9 Å². The second-order valence-corrected chi connectivity index (χ2v) is 7.73. The van der Waals surface area contributed by atoms with Gasteiger partial charge in [0.2, 0.25) is 0 Å². The molecule has 0 saturated heterocycles. The highest BCUT2D eigenvalue weighted by molar-refractivity contribution is 5.88. The third-order valence-corrected chi connectivity index (χ3v) is 5.80. The van der Waals surface area contributed by atoms with Gasteiger partial charge in [0.1, 0.15) is 12.6 Å². The Bertz CT molecular complexity index is 787. The number of fused-ring (bicyclic) bond motifs is 3. The number of hydrogen-bond acceptors (Lipinski definition) is 3. The summed E-state index contributed by atoms with van der Waals surface area (Å²) in [4.78, 5) is 14.9. The molecule has 1 aromatic heterocycles. The van der Waals surface area contributed by atoms with Crippen LogP contribution in [0, 0.1) is 6.92 Å². The summed E-state index contributed by atoms with van der Waals surface area (Å²) < 4.78 is 7.95. The van der Waals surface area contributed by atoms with Gasteiger partial charge in [0.15, 0.2) is 0 Å². The molecule has 0 radical (unpaired) electrons. The molecule has 134 valence electrons. The van der Waals surface area contributed by atoms with Crippen molar-refractivity contribution in [1.82, 2.24) is 9.47 Å². The lowest BCUT2D eigenvalue weighted by Gasteiger charge is -2.15. The van der Waals surface area contributed by atoms with Crippen molar-refractivity contribution in [2.75, 3.05) is 20.1 Å². The first kappa shape index (κ1) is 16.6. The van der Waals surface area contributed by atoms with Crippen LogP contribution in [-0.4, -0.2) is 41.7 Å². The van der Waals surface area contributed by atoms with Crippen molar-refractivity contribution in [3.8, 4) is 0 Å². The summed E-state index contributed by atoms with van der Waals surface area (Å²) in [6.07, 6.45) is 6.62. The summed E-state index contributed by atoms with van der Waals surface area (Å²) in [7, 11) is 2.18. The highest BCUT2D eigenvalue weighted by Gasteiger charge is 2.24. The van der Waals surface area contributed by atoms with E-state index in [1.54, 1.807) is 0 Å². The molecular weight excluding hydrogens is 312 g/mol. The molecular formula is C21H28N2O2. The molecule has 0 atom stereocenters. The zero-order valence-electron chi connectivity index (χ0n) is 15.4. The van der Waals surface area contributed by atoms with Gasteiger partial charge in [0.05, 0.1) is 0 Å². The van der Waals surface area contributed by atoms with Crippen LogP contribution in [0.25, 0.3) is 10.9 Å². The smallest absolute Gasteiger partial charge is 0.326 e. The van der Waals surface area contributed by atoms with Gasteiger partial charge in [-0.15, -0.1) is 0 Å². The van der Waals surface area contributed by atoms with Crippen molar-refractivity contribution < 1.29 is 9.53 Å². The van der Waals surface area contributed by atoms with Crippen LogP contribution in [0.3, 0.4) is 0 Å². The van der Waals surface area contributed by atoms with Gasteiger partial charge in [0.25, 0.3) is 0 Å². The number of esters is 1. The molecule has 1 aliphatic carbocycles. The molecule has 1 aliphatic heterocycles. The molecule has 2 aliphatic rings. The maximum absolute atomic E-state index is 12.6. The van der Waals surface area contributed by atoms with E-state index in [1.807, 2.05) is 0 Å². The number of ether oxygens (including phenoxy) is 1. The standard InChI is InChI=1S/C21H28N2O2/c1-15-7-8-19-18(13-15)17-9-11-22(2)12-10-20(17)23(19)14-21(24)25-16-5-3-4-6-16/h7-8,13,16H,3-6,9-12,14H2,1-2H3. The number of likely N-dealkylation sites (N-methyl/N-ethyl adjacent to an activating group) is 1. The highest BCUT2D eigenvalue weighted by atomic mass is 16.5. The second kappa shape index (κ2) is 6.83.